The van der Waals surface area contributed by atoms with E-state index in [0.29, 0.717) is 28.9 Å². The Morgan fingerprint density at radius 1 is 0.745 bits per heavy atom. The van der Waals surface area contributed by atoms with Crippen molar-refractivity contribution >= 4 is 40.0 Å². The van der Waals surface area contributed by atoms with E-state index in [2.05, 4.69) is 57.3 Å². The Balaban J connectivity index is 1.45. The number of para-hydroxylation sites is 2. The van der Waals surface area contributed by atoms with Crippen molar-refractivity contribution < 1.29 is 23.5 Å². The Kier molecular flexibility index (Phi) is 10.1. The van der Waals surface area contributed by atoms with Gasteiger partial charge in [0.15, 0.2) is 0 Å². The summed E-state index contributed by atoms with van der Waals surface area (Å²) in [6.07, 6.45) is 0.647. The minimum Gasteiger partial charge on any atom is -0.462 e. The van der Waals surface area contributed by atoms with Crippen molar-refractivity contribution in [2.75, 3.05) is 18.5 Å². The van der Waals surface area contributed by atoms with E-state index in [-0.39, 0.29) is 19.2 Å². The van der Waals surface area contributed by atoms with Crippen LogP contribution in [-0.4, -0.2) is 25.2 Å². The molecule has 0 aromatic heterocycles. The van der Waals surface area contributed by atoms with Crippen LogP contribution in [0.4, 0.5) is 17.1 Å². The lowest BCUT2D eigenvalue weighted by Crippen LogP contribution is -2.27. The Morgan fingerprint density at radius 2 is 1.41 bits per heavy atom. The second kappa shape index (κ2) is 14.7. The first-order valence-electron chi connectivity index (χ1n) is 17.4. The van der Waals surface area contributed by atoms with Gasteiger partial charge in [0.25, 0.3) is 0 Å². The Labute approximate surface area is 299 Å². The number of carbonyl (C=O) groups is 2. The maximum Gasteiger partial charge on any atom is 0.338 e. The number of ether oxygens (including phenoxy) is 2. The Morgan fingerprint density at radius 3 is 2.12 bits per heavy atom. The average molecular weight is 681 g/mol. The van der Waals surface area contributed by atoms with Crippen LogP contribution in [0.2, 0.25) is 0 Å². The number of aryl methyl sites for hydroxylation is 4. The molecule has 4 aromatic rings. The number of hydrogen-bond donors (Lipinski definition) is 1. The van der Waals surface area contributed by atoms with Gasteiger partial charge < -0.3 is 19.2 Å². The number of anilines is 2. The van der Waals surface area contributed by atoms with Crippen molar-refractivity contribution in [3.05, 3.63) is 130 Å². The molecule has 0 amide bonds. The topological polar surface area (TPSA) is 90.1 Å². The largest absolute Gasteiger partial charge is 0.462 e. The van der Waals surface area contributed by atoms with Gasteiger partial charge in [-0.3, -0.25) is 4.79 Å². The third-order valence-corrected chi connectivity index (χ3v) is 9.54. The van der Waals surface area contributed by atoms with E-state index in [1.807, 2.05) is 87.5 Å². The van der Waals surface area contributed by atoms with E-state index in [1.165, 1.54) is 0 Å². The molecule has 260 valence electrons. The molecule has 0 atom stereocenters. The van der Waals surface area contributed by atoms with Crippen LogP contribution in [0.15, 0.2) is 106 Å². The van der Waals surface area contributed by atoms with E-state index in [1.54, 1.807) is 6.07 Å². The summed E-state index contributed by atoms with van der Waals surface area (Å²) < 4.78 is 17.7. The zero-order valence-corrected chi connectivity index (χ0v) is 30.3. The number of hydrogen-bond acceptors (Lipinski definition) is 7. The summed E-state index contributed by atoms with van der Waals surface area (Å²) >= 11 is 0. The van der Waals surface area contributed by atoms with E-state index in [9.17, 15) is 9.59 Å². The number of nitrogens with zero attached hydrogens (tertiary/aromatic N) is 1. The molecule has 0 spiro atoms. The van der Waals surface area contributed by atoms with Crippen molar-refractivity contribution in [2.45, 2.75) is 54.9 Å². The summed E-state index contributed by atoms with van der Waals surface area (Å²) in [6.45, 7) is 13.8. The molecule has 4 aromatic carbocycles. The van der Waals surface area contributed by atoms with Gasteiger partial charge in [-0.2, -0.15) is 0 Å². The van der Waals surface area contributed by atoms with Gasteiger partial charge in [-0.05, 0) is 106 Å². The van der Waals surface area contributed by atoms with Crippen LogP contribution in [0.5, 0.6) is 0 Å². The first kappa shape index (κ1) is 35.1. The van der Waals surface area contributed by atoms with Gasteiger partial charge in [-0.1, -0.05) is 61.5 Å². The van der Waals surface area contributed by atoms with Crippen molar-refractivity contribution in [3.63, 3.8) is 0 Å². The van der Waals surface area contributed by atoms with Crippen molar-refractivity contribution in [2.24, 2.45) is 10.4 Å². The third-order valence-electron chi connectivity index (χ3n) is 9.54. The van der Waals surface area contributed by atoms with Crippen LogP contribution in [-0.2, 0) is 14.3 Å². The second-order valence-corrected chi connectivity index (χ2v) is 13.7. The van der Waals surface area contributed by atoms with Crippen LogP contribution < -0.4 is 10.7 Å². The molecule has 0 unspecified atom stereocenters. The molecule has 1 N–H and O–H groups in total. The molecule has 0 bridgehead atoms. The minimum absolute atomic E-state index is 0.0188. The maximum atomic E-state index is 13.6. The summed E-state index contributed by atoms with van der Waals surface area (Å²) in [6, 6.07) is 31.7. The summed E-state index contributed by atoms with van der Waals surface area (Å²) in [7, 11) is 0. The van der Waals surface area contributed by atoms with Crippen LogP contribution in [0.3, 0.4) is 0 Å². The first-order valence-corrected chi connectivity index (χ1v) is 17.4. The number of carbonyl (C=O) groups excluding carboxylic acids is 2. The van der Waals surface area contributed by atoms with Crippen LogP contribution in [0.1, 0.15) is 59.8 Å². The Hall–Kier alpha value is -5.69. The van der Waals surface area contributed by atoms with Gasteiger partial charge in [-0.25, -0.2) is 9.79 Å². The lowest BCUT2D eigenvalue weighted by molar-refractivity contribution is -0.155. The van der Waals surface area contributed by atoms with Gasteiger partial charge in [-0.15, -0.1) is 0 Å². The predicted molar refractivity (Wildman–Crippen MR) is 204 cm³/mol. The SMILES string of the molecule is CCC(C)(C)C(=O)OCCOC(=O)c1ccccc1-c1c2ccc(=Nc3c(C)cccc3C)cc-2oc2cc(Nc3c(C)cccc3C)ccc12. The van der Waals surface area contributed by atoms with Gasteiger partial charge in [0.1, 0.15) is 24.6 Å². The van der Waals surface area contributed by atoms with Crippen molar-refractivity contribution in [1.82, 2.24) is 0 Å². The molecule has 0 saturated heterocycles. The summed E-state index contributed by atoms with van der Waals surface area (Å²) in [5, 5.41) is 5.18. The lowest BCUT2D eigenvalue weighted by atomic mass is 9.90. The normalized spacial score (nSPS) is 11.9. The fraction of sp³-hybridized carbons (Fsp3) is 0.250. The quantitative estimate of drug-likeness (QED) is 0.0880. The molecule has 2 aliphatic rings. The number of benzene rings is 5. The van der Waals surface area contributed by atoms with E-state index in [4.69, 9.17) is 18.9 Å². The standard InChI is InChI=1S/C44H44N2O5/c1-8-44(6,7)43(48)50-24-23-49-42(47)34-18-10-9-17-33(34)39-35-21-19-31(45-40-27(2)13-11-14-28(40)3)25-37(35)51-38-26-32(20-22-36(38)39)46-41-29(4)15-12-16-30(41)5/h9-22,25-26,45H,8,23-24H2,1-7H3. The maximum absolute atomic E-state index is 13.6. The Bertz CT molecular complexity index is 2260. The highest BCUT2D eigenvalue weighted by atomic mass is 16.6. The molecule has 0 saturated carbocycles. The highest BCUT2D eigenvalue weighted by molar-refractivity contribution is 6.08. The van der Waals surface area contributed by atoms with Crippen molar-refractivity contribution in [1.29, 1.82) is 0 Å². The molecule has 1 aliphatic heterocycles. The molecular formula is C44H44N2O5. The summed E-state index contributed by atoms with van der Waals surface area (Å²) in [5.74, 6) is -0.196. The highest BCUT2D eigenvalue weighted by Crippen LogP contribution is 2.42. The second-order valence-electron chi connectivity index (χ2n) is 13.7. The predicted octanol–water partition coefficient (Wildman–Crippen LogP) is 10.6. The fourth-order valence-electron chi connectivity index (χ4n) is 6.15. The zero-order valence-electron chi connectivity index (χ0n) is 30.3. The lowest BCUT2D eigenvalue weighted by Gasteiger charge is -2.20. The van der Waals surface area contributed by atoms with Crippen LogP contribution >= 0.6 is 0 Å². The van der Waals surface area contributed by atoms with Gasteiger partial charge >= 0.3 is 11.9 Å². The molecule has 7 nitrogen and oxygen atoms in total. The van der Waals surface area contributed by atoms with E-state index in [0.717, 1.165) is 61.2 Å². The number of nitrogens with one attached hydrogen (secondary N) is 1. The molecule has 6 rings (SSSR count). The monoisotopic (exact) mass is 680 g/mol. The molecule has 0 radical (unpaired) electrons. The number of rotatable bonds is 10. The number of fused-ring (bicyclic) bond motifs is 2. The van der Waals surface area contributed by atoms with E-state index >= 15 is 0 Å². The van der Waals surface area contributed by atoms with Gasteiger partial charge in [0.05, 0.1) is 22.0 Å². The smallest absolute Gasteiger partial charge is 0.338 e. The van der Waals surface area contributed by atoms with Crippen LogP contribution in [0, 0.1) is 33.1 Å². The van der Waals surface area contributed by atoms with Gasteiger partial charge in [0.2, 0.25) is 0 Å². The number of esters is 2. The fourth-order valence-corrected chi connectivity index (χ4v) is 6.15. The zero-order chi connectivity index (χ0) is 36.3. The molecular weight excluding hydrogens is 636 g/mol. The molecule has 7 heteroatoms. The molecule has 0 fully saturated rings. The molecule has 1 aliphatic carbocycles. The minimum atomic E-state index is -0.600. The first-order chi connectivity index (χ1) is 24.5. The van der Waals surface area contributed by atoms with Crippen molar-refractivity contribution in [3.8, 4) is 22.5 Å². The van der Waals surface area contributed by atoms with Gasteiger partial charge in [0, 0.05) is 40.0 Å². The summed E-state index contributed by atoms with van der Waals surface area (Å²) in [4.78, 5) is 31.1. The van der Waals surface area contributed by atoms with E-state index < -0.39 is 11.4 Å². The molecule has 51 heavy (non-hydrogen) atoms. The van der Waals surface area contributed by atoms with Crippen LogP contribution in [0.25, 0.3) is 33.4 Å². The highest BCUT2D eigenvalue weighted by Gasteiger charge is 2.27. The third kappa shape index (κ3) is 7.43. The summed E-state index contributed by atoms with van der Waals surface area (Å²) in [5.41, 5.74) is 10.1. The average Bonchev–Trinajstić information content (AvgIpc) is 3.12. The molecule has 1 heterocycles.